The number of likely N-dealkylation sites (tertiary alicyclic amines) is 1. The molecule has 0 atom stereocenters. The van der Waals surface area contributed by atoms with Crippen molar-refractivity contribution >= 4 is 17.8 Å². The van der Waals surface area contributed by atoms with Crippen LogP contribution in [0, 0.1) is 0 Å². The van der Waals surface area contributed by atoms with E-state index in [4.69, 9.17) is 0 Å². The van der Waals surface area contributed by atoms with Crippen molar-refractivity contribution in [3.63, 3.8) is 0 Å². The molecule has 1 amide bonds. The van der Waals surface area contributed by atoms with E-state index in [0.717, 1.165) is 64.5 Å². The van der Waals surface area contributed by atoms with Gasteiger partial charge in [0.05, 0.1) is 0 Å². The molecular weight excluding hydrogens is 350 g/mol. The van der Waals surface area contributed by atoms with Crippen LogP contribution in [-0.4, -0.2) is 71.5 Å². The van der Waals surface area contributed by atoms with E-state index in [-0.39, 0.29) is 5.91 Å². The molecule has 0 bridgehead atoms. The largest absolute Gasteiger partial charge is 0.354 e. The minimum atomic E-state index is 0.0332. The predicted octanol–water partition coefficient (Wildman–Crippen LogP) is 2.55. The average molecular weight is 377 g/mol. The first kappa shape index (κ1) is 18.6. The molecule has 6 nitrogen and oxygen atoms in total. The standard InChI is InChI=1S/C22H27N5O/c28-22(27-11-4-5-12-27)20-17-21(24-18-23-20)26-15-13-25(14-16-26)10-6-9-19-7-2-1-3-8-19/h1-3,6-9,17-18H,4-5,10-16H2/b9-6+. The summed E-state index contributed by atoms with van der Waals surface area (Å²) in [5.74, 6) is 0.892. The Hall–Kier alpha value is -2.73. The van der Waals surface area contributed by atoms with E-state index >= 15 is 0 Å². The molecule has 1 aromatic carbocycles. The van der Waals surface area contributed by atoms with Crippen LogP contribution in [0.15, 0.2) is 48.8 Å². The fourth-order valence-electron chi connectivity index (χ4n) is 3.78. The van der Waals surface area contributed by atoms with Crippen LogP contribution in [0.5, 0.6) is 0 Å². The number of anilines is 1. The third-order valence-corrected chi connectivity index (χ3v) is 5.43. The summed E-state index contributed by atoms with van der Waals surface area (Å²) < 4.78 is 0. The van der Waals surface area contributed by atoms with Gasteiger partial charge in [-0.05, 0) is 18.4 Å². The molecule has 0 N–H and O–H groups in total. The zero-order valence-electron chi connectivity index (χ0n) is 16.2. The number of rotatable bonds is 5. The summed E-state index contributed by atoms with van der Waals surface area (Å²) in [6.07, 6.45) is 8.10. The van der Waals surface area contributed by atoms with Crippen molar-refractivity contribution < 1.29 is 4.79 Å². The Morgan fingerprint density at radius 1 is 0.964 bits per heavy atom. The fourth-order valence-corrected chi connectivity index (χ4v) is 3.78. The maximum absolute atomic E-state index is 12.6. The number of benzene rings is 1. The lowest BCUT2D eigenvalue weighted by Gasteiger charge is -2.34. The first-order valence-electron chi connectivity index (χ1n) is 10.1. The number of hydrogen-bond acceptors (Lipinski definition) is 5. The second kappa shape index (κ2) is 8.97. The Morgan fingerprint density at radius 2 is 1.71 bits per heavy atom. The number of hydrogen-bond donors (Lipinski definition) is 0. The SMILES string of the molecule is O=C(c1cc(N2CCN(C/C=C/c3ccccc3)CC2)ncn1)N1CCCC1. The molecule has 4 rings (SSSR count). The van der Waals surface area contributed by atoms with Gasteiger partial charge in [0.25, 0.3) is 5.91 Å². The van der Waals surface area contributed by atoms with Gasteiger partial charge in [0.1, 0.15) is 17.8 Å². The predicted molar refractivity (Wildman–Crippen MR) is 111 cm³/mol. The van der Waals surface area contributed by atoms with Crippen LogP contribution in [0.2, 0.25) is 0 Å². The number of carbonyl (C=O) groups excluding carboxylic acids is 1. The Bertz CT molecular complexity index is 809. The highest BCUT2D eigenvalue weighted by molar-refractivity contribution is 5.93. The fraction of sp³-hybridized carbons (Fsp3) is 0.409. The van der Waals surface area contributed by atoms with E-state index in [1.54, 1.807) is 0 Å². The van der Waals surface area contributed by atoms with Crippen LogP contribution < -0.4 is 4.90 Å². The van der Waals surface area contributed by atoms with Gasteiger partial charge in [0.2, 0.25) is 0 Å². The van der Waals surface area contributed by atoms with Crippen LogP contribution in [0.3, 0.4) is 0 Å². The lowest BCUT2D eigenvalue weighted by atomic mass is 10.2. The molecule has 0 unspecified atom stereocenters. The molecule has 2 aliphatic rings. The van der Waals surface area contributed by atoms with E-state index in [2.05, 4.69) is 56.2 Å². The molecule has 0 saturated carbocycles. The smallest absolute Gasteiger partial charge is 0.272 e. The van der Waals surface area contributed by atoms with Gasteiger partial charge in [-0.3, -0.25) is 9.69 Å². The van der Waals surface area contributed by atoms with E-state index < -0.39 is 0 Å². The summed E-state index contributed by atoms with van der Waals surface area (Å²) in [5.41, 5.74) is 1.75. The summed E-state index contributed by atoms with van der Waals surface area (Å²) in [6.45, 7) is 6.42. The maximum atomic E-state index is 12.6. The molecule has 28 heavy (non-hydrogen) atoms. The lowest BCUT2D eigenvalue weighted by Crippen LogP contribution is -2.46. The van der Waals surface area contributed by atoms with Crippen molar-refractivity contribution in [3.8, 4) is 0 Å². The minimum Gasteiger partial charge on any atom is -0.354 e. The van der Waals surface area contributed by atoms with Crippen molar-refractivity contribution in [2.75, 3.05) is 50.7 Å². The van der Waals surface area contributed by atoms with Gasteiger partial charge in [-0.1, -0.05) is 42.5 Å². The van der Waals surface area contributed by atoms with Crippen molar-refractivity contribution in [1.29, 1.82) is 0 Å². The summed E-state index contributed by atoms with van der Waals surface area (Å²) in [4.78, 5) is 27.8. The zero-order chi connectivity index (χ0) is 19.2. The molecule has 6 heteroatoms. The number of nitrogens with zero attached hydrogens (tertiary/aromatic N) is 5. The minimum absolute atomic E-state index is 0.0332. The average Bonchev–Trinajstić information content (AvgIpc) is 3.30. The molecule has 146 valence electrons. The Labute approximate surface area is 166 Å². The van der Waals surface area contributed by atoms with E-state index in [1.165, 1.54) is 11.9 Å². The lowest BCUT2D eigenvalue weighted by molar-refractivity contribution is 0.0787. The van der Waals surface area contributed by atoms with Gasteiger partial charge in [-0.25, -0.2) is 9.97 Å². The van der Waals surface area contributed by atoms with Crippen LogP contribution in [0.4, 0.5) is 5.82 Å². The number of carbonyl (C=O) groups is 1. The van der Waals surface area contributed by atoms with Crippen LogP contribution in [0.1, 0.15) is 28.9 Å². The molecule has 0 spiro atoms. The zero-order valence-corrected chi connectivity index (χ0v) is 16.2. The molecule has 1 aromatic heterocycles. The molecule has 2 fully saturated rings. The van der Waals surface area contributed by atoms with Crippen molar-refractivity contribution in [3.05, 3.63) is 60.1 Å². The summed E-state index contributed by atoms with van der Waals surface area (Å²) in [5, 5.41) is 0. The molecule has 0 radical (unpaired) electrons. The van der Waals surface area contributed by atoms with Crippen LogP contribution >= 0.6 is 0 Å². The second-order valence-electron chi connectivity index (χ2n) is 7.36. The van der Waals surface area contributed by atoms with Gasteiger partial charge in [0, 0.05) is 51.9 Å². The number of aromatic nitrogens is 2. The first-order valence-corrected chi connectivity index (χ1v) is 10.1. The summed E-state index contributed by atoms with van der Waals surface area (Å²) in [6, 6.07) is 12.2. The maximum Gasteiger partial charge on any atom is 0.272 e. The Balaban J connectivity index is 1.30. The van der Waals surface area contributed by atoms with Gasteiger partial charge >= 0.3 is 0 Å². The van der Waals surface area contributed by atoms with E-state index in [9.17, 15) is 4.79 Å². The van der Waals surface area contributed by atoms with Gasteiger partial charge in [-0.2, -0.15) is 0 Å². The van der Waals surface area contributed by atoms with Gasteiger partial charge < -0.3 is 9.80 Å². The third-order valence-electron chi connectivity index (χ3n) is 5.43. The highest BCUT2D eigenvalue weighted by Gasteiger charge is 2.23. The van der Waals surface area contributed by atoms with Crippen molar-refractivity contribution in [2.45, 2.75) is 12.8 Å². The molecule has 2 aromatic rings. The highest BCUT2D eigenvalue weighted by Crippen LogP contribution is 2.17. The number of amides is 1. The normalized spacial score (nSPS) is 18.1. The van der Waals surface area contributed by atoms with E-state index in [1.807, 2.05) is 17.0 Å². The molecule has 2 saturated heterocycles. The topological polar surface area (TPSA) is 52.6 Å². The van der Waals surface area contributed by atoms with Crippen molar-refractivity contribution in [1.82, 2.24) is 19.8 Å². The first-order chi connectivity index (χ1) is 13.8. The second-order valence-corrected chi connectivity index (χ2v) is 7.36. The molecular formula is C22H27N5O. The third kappa shape index (κ3) is 4.57. The Morgan fingerprint density at radius 3 is 2.46 bits per heavy atom. The summed E-state index contributed by atoms with van der Waals surface area (Å²) >= 11 is 0. The van der Waals surface area contributed by atoms with E-state index in [0.29, 0.717) is 5.69 Å². The van der Waals surface area contributed by atoms with Crippen LogP contribution in [0.25, 0.3) is 6.08 Å². The Kier molecular flexibility index (Phi) is 5.97. The number of piperazine rings is 1. The monoisotopic (exact) mass is 377 g/mol. The molecule has 0 aliphatic carbocycles. The quantitative estimate of drug-likeness (QED) is 0.802. The molecule has 2 aliphatic heterocycles. The molecule has 3 heterocycles. The van der Waals surface area contributed by atoms with Gasteiger partial charge in [0.15, 0.2) is 0 Å². The van der Waals surface area contributed by atoms with Crippen molar-refractivity contribution in [2.24, 2.45) is 0 Å². The highest BCUT2D eigenvalue weighted by atomic mass is 16.2. The summed E-state index contributed by atoms with van der Waals surface area (Å²) in [7, 11) is 0. The van der Waals surface area contributed by atoms with Crippen LogP contribution in [-0.2, 0) is 0 Å². The van der Waals surface area contributed by atoms with Gasteiger partial charge in [-0.15, -0.1) is 0 Å².